The summed E-state index contributed by atoms with van der Waals surface area (Å²) in [7, 11) is 0. The average Bonchev–Trinajstić information content (AvgIpc) is 2.71. The second-order valence-electron chi connectivity index (χ2n) is 8.07. The van der Waals surface area contributed by atoms with Crippen molar-refractivity contribution in [2.75, 3.05) is 26.2 Å². The van der Waals surface area contributed by atoms with Crippen LogP contribution in [0.15, 0.2) is 0 Å². The lowest BCUT2D eigenvalue weighted by Gasteiger charge is -2.37. The van der Waals surface area contributed by atoms with Gasteiger partial charge in [-0.2, -0.15) is 0 Å². The molecule has 3 nitrogen and oxygen atoms in total. The highest BCUT2D eigenvalue weighted by Crippen LogP contribution is 2.27. The van der Waals surface area contributed by atoms with Crippen LogP contribution in [0.3, 0.4) is 0 Å². The minimum atomic E-state index is 0.429. The van der Waals surface area contributed by atoms with E-state index in [1.54, 1.807) is 0 Å². The van der Waals surface area contributed by atoms with E-state index in [0.717, 1.165) is 37.8 Å². The molecule has 0 aromatic rings. The van der Waals surface area contributed by atoms with E-state index >= 15 is 0 Å². The van der Waals surface area contributed by atoms with E-state index in [1.165, 1.54) is 64.5 Å². The zero-order chi connectivity index (χ0) is 15.4. The van der Waals surface area contributed by atoms with Crippen LogP contribution in [0.4, 0.5) is 0 Å². The molecule has 0 aromatic carbocycles. The van der Waals surface area contributed by atoms with Crippen molar-refractivity contribution in [1.29, 1.82) is 0 Å². The van der Waals surface area contributed by atoms with Crippen LogP contribution in [-0.2, 0) is 4.79 Å². The van der Waals surface area contributed by atoms with Gasteiger partial charge in [0.15, 0.2) is 0 Å². The molecule has 0 N–H and O–H groups in total. The Morgan fingerprint density at radius 1 is 0.955 bits per heavy atom. The SMILES string of the molecule is C[C@H]1CCCN([C@@H]2CCC(=O)N(CC3CCCCC3)CC2)C1. The van der Waals surface area contributed by atoms with E-state index in [0.29, 0.717) is 11.9 Å². The van der Waals surface area contributed by atoms with E-state index in [9.17, 15) is 4.79 Å². The molecule has 3 fully saturated rings. The zero-order valence-corrected chi connectivity index (χ0v) is 14.4. The smallest absolute Gasteiger partial charge is 0.222 e. The molecular formula is C19H34N2O. The molecule has 3 rings (SSSR count). The van der Waals surface area contributed by atoms with E-state index in [1.807, 2.05) is 0 Å². The van der Waals surface area contributed by atoms with Gasteiger partial charge in [-0.15, -0.1) is 0 Å². The van der Waals surface area contributed by atoms with Crippen molar-refractivity contribution in [3.05, 3.63) is 0 Å². The number of hydrogen-bond acceptors (Lipinski definition) is 2. The first-order chi connectivity index (χ1) is 10.7. The number of hydrogen-bond donors (Lipinski definition) is 0. The number of carbonyl (C=O) groups excluding carboxylic acids is 1. The summed E-state index contributed by atoms with van der Waals surface area (Å²) < 4.78 is 0. The summed E-state index contributed by atoms with van der Waals surface area (Å²) >= 11 is 0. The fourth-order valence-electron chi connectivity index (χ4n) is 4.82. The molecule has 22 heavy (non-hydrogen) atoms. The summed E-state index contributed by atoms with van der Waals surface area (Å²) in [5.41, 5.74) is 0. The Bertz CT molecular complexity index is 364. The summed E-state index contributed by atoms with van der Waals surface area (Å²) in [4.78, 5) is 17.4. The van der Waals surface area contributed by atoms with Crippen LogP contribution >= 0.6 is 0 Å². The number of rotatable bonds is 3. The first-order valence-electron chi connectivity index (χ1n) is 9.74. The molecule has 3 aliphatic rings. The van der Waals surface area contributed by atoms with Gasteiger partial charge in [0.1, 0.15) is 0 Å². The fourth-order valence-corrected chi connectivity index (χ4v) is 4.82. The topological polar surface area (TPSA) is 23.6 Å². The predicted molar refractivity (Wildman–Crippen MR) is 90.8 cm³/mol. The molecule has 2 saturated heterocycles. The maximum absolute atomic E-state index is 12.5. The number of likely N-dealkylation sites (tertiary alicyclic amines) is 2. The van der Waals surface area contributed by atoms with Gasteiger partial charge < -0.3 is 9.80 Å². The lowest BCUT2D eigenvalue weighted by Crippen LogP contribution is -2.42. The third-order valence-electron chi connectivity index (χ3n) is 6.18. The monoisotopic (exact) mass is 306 g/mol. The van der Waals surface area contributed by atoms with Crippen LogP contribution < -0.4 is 0 Å². The molecule has 1 aliphatic carbocycles. The molecule has 0 bridgehead atoms. The third-order valence-corrected chi connectivity index (χ3v) is 6.18. The van der Waals surface area contributed by atoms with Crippen molar-refractivity contribution in [2.24, 2.45) is 11.8 Å². The molecule has 3 heteroatoms. The standard InChI is InChI=1S/C19H34N2O/c1-16-6-5-12-20(14-16)18-9-10-19(22)21(13-11-18)15-17-7-3-2-4-8-17/h16-18H,2-15H2,1H3/t16-,18+/m0/s1. The molecule has 1 amide bonds. The molecule has 0 spiro atoms. The summed E-state index contributed by atoms with van der Waals surface area (Å²) in [5.74, 6) is 2.05. The highest BCUT2D eigenvalue weighted by atomic mass is 16.2. The van der Waals surface area contributed by atoms with Gasteiger partial charge in [0, 0.05) is 32.1 Å². The lowest BCUT2D eigenvalue weighted by molar-refractivity contribution is -0.131. The Kier molecular flexibility index (Phi) is 5.78. The summed E-state index contributed by atoms with van der Waals surface area (Å²) in [6.07, 6.45) is 12.6. The van der Waals surface area contributed by atoms with Crippen LogP contribution in [0.25, 0.3) is 0 Å². The molecule has 2 heterocycles. The van der Waals surface area contributed by atoms with Gasteiger partial charge in [-0.1, -0.05) is 26.2 Å². The van der Waals surface area contributed by atoms with Crippen LogP contribution in [0.1, 0.15) is 71.1 Å². The normalized spacial score (nSPS) is 33.0. The Labute approximate surface area is 136 Å². The minimum absolute atomic E-state index is 0.429. The van der Waals surface area contributed by atoms with Crippen molar-refractivity contribution >= 4 is 5.91 Å². The van der Waals surface area contributed by atoms with E-state index in [-0.39, 0.29) is 0 Å². The molecule has 126 valence electrons. The summed E-state index contributed by atoms with van der Waals surface area (Å²) in [6.45, 7) is 6.93. The molecule has 2 atom stereocenters. The Morgan fingerprint density at radius 2 is 1.77 bits per heavy atom. The Balaban J connectivity index is 1.52. The van der Waals surface area contributed by atoms with Gasteiger partial charge in [-0.25, -0.2) is 0 Å². The van der Waals surface area contributed by atoms with Crippen molar-refractivity contribution in [2.45, 2.75) is 77.2 Å². The maximum atomic E-state index is 12.5. The molecular weight excluding hydrogens is 272 g/mol. The number of nitrogens with zero attached hydrogens (tertiary/aromatic N) is 2. The number of piperidine rings is 1. The highest BCUT2D eigenvalue weighted by molar-refractivity contribution is 5.76. The van der Waals surface area contributed by atoms with E-state index in [4.69, 9.17) is 0 Å². The summed E-state index contributed by atoms with van der Waals surface area (Å²) in [5, 5.41) is 0. The zero-order valence-electron chi connectivity index (χ0n) is 14.4. The minimum Gasteiger partial charge on any atom is -0.342 e. The van der Waals surface area contributed by atoms with Gasteiger partial charge >= 0.3 is 0 Å². The number of amides is 1. The van der Waals surface area contributed by atoms with Crippen molar-refractivity contribution in [3.63, 3.8) is 0 Å². The molecule has 0 radical (unpaired) electrons. The van der Waals surface area contributed by atoms with Crippen molar-refractivity contribution < 1.29 is 4.79 Å². The first kappa shape index (κ1) is 16.3. The van der Waals surface area contributed by atoms with Crippen LogP contribution in [-0.4, -0.2) is 47.9 Å². The van der Waals surface area contributed by atoms with E-state index in [2.05, 4.69) is 16.7 Å². The van der Waals surface area contributed by atoms with Gasteiger partial charge in [0.2, 0.25) is 5.91 Å². The second-order valence-corrected chi connectivity index (χ2v) is 8.07. The first-order valence-corrected chi connectivity index (χ1v) is 9.74. The van der Waals surface area contributed by atoms with Crippen molar-refractivity contribution in [1.82, 2.24) is 9.80 Å². The van der Waals surface area contributed by atoms with Gasteiger partial charge in [-0.05, 0) is 56.9 Å². The van der Waals surface area contributed by atoms with Gasteiger partial charge in [0.05, 0.1) is 0 Å². The summed E-state index contributed by atoms with van der Waals surface area (Å²) in [6, 6.07) is 0.656. The maximum Gasteiger partial charge on any atom is 0.222 e. The van der Waals surface area contributed by atoms with E-state index < -0.39 is 0 Å². The Morgan fingerprint density at radius 3 is 2.55 bits per heavy atom. The quantitative estimate of drug-likeness (QED) is 0.794. The fraction of sp³-hybridized carbons (Fsp3) is 0.947. The van der Waals surface area contributed by atoms with Gasteiger partial charge in [0.25, 0.3) is 0 Å². The Hall–Kier alpha value is -0.570. The van der Waals surface area contributed by atoms with Crippen LogP contribution in [0.2, 0.25) is 0 Å². The number of carbonyl (C=O) groups is 1. The molecule has 1 saturated carbocycles. The molecule has 2 aliphatic heterocycles. The second kappa shape index (κ2) is 7.81. The molecule has 0 aromatic heterocycles. The van der Waals surface area contributed by atoms with Crippen LogP contribution in [0, 0.1) is 11.8 Å². The lowest BCUT2D eigenvalue weighted by atomic mass is 9.89. The van der Waals surface area contributed by atoms with Crippen molar-refractivity contribution in [3.8, 4) is 0 Å². The van der Waals surface area contributed by atoms with Gasteiger partial charge in [-0.3, -0.25) is 4.79 Å². The predicted octanol–water partition coefficient (Wildman–Crippen LogP) is 3.68. The van der Waals surface area contributed by atoms with Crippen LogP contribution in [0.5, 0.6) is 0 Å². The largest absolute Gasteiger partial charge is 0.342 e. The molecule has 0 unspecified atom stereocenters. The third kappa shape index (κ3) is 4.24. The highest BCUT2D eigenvalue weighted by Gasteiger charge is 2.29. The average molecular weight is 306 g/mol.